The number of unbranched alkanes of at least 4 members (excludes halogenated alkanes) is 3. The van der Waals surface area contributed by atoms with Crippen LogP contribution < -0.4 is 16.6 Å². The van der Waals surface area contributed by atoms with Gasteiger partial charge in [0.15, 0.2) is 5.11 Å². The van der Waals surface area contributed by atoms with Crippen molar-refractivity contribution in [3.8, 4) is 0 Å². The van der Waals surface area contributed by atoms with Gasteiger partial charge in [-0.25, -0.2) is 0 Å². The monoisotopic (exact) mass is 241 g/mol. The van der Waals surface area contributed by atoms with Crippen molar-refractivity contribution >= 4 is 17.3 Å². The molecule has 3 nitrogen and oxygen atoms in total. The third-order valence-corrected chi connectivity index (χ3v) is 3.16. The topological polar surface area (TPSA) is 50.1 Å². The van der Waals surface area contributed by atoms with Gasteiger partial charge in [-0.05, 0) is 31.5 Å². The van der Waals surface area contributed by atoms with Crippen LogP contribution in [0, 0.1) is 5.92 Å². The number of rotatable bonds is 7. The maximum atomic E-state index is 5.39. The first kappa shape index (κ1) is 13.3. The summed E-state index contributed by atoms with van der Waals surface area (Å²) in [6.07, 6.45) is 11.3. The highest BCUT2D eigenvalue weighted by molar-refractivity contribution is 7.80. The second-order valence-corrected chi connectivity index (χ2v) is 4.84. The number of allylic oxidation sites excluding steroid dienone is 2. The summed E-state index contributed by atoms with van der Waals surface area (Å²) in [5.41, 5.74) is 12.6. The average Bonchev–Trinajstić information content (AvgIpc) is 2.69. The first-order chi connectivity index (χ1) is 7.74. The van der Waals surface area contributed by atoms with Crippen molar-refractivity contribution in [1.29, 1.82) is 0 Å². The molecule has 0 saturated carbocycles. The molecular weight excluding hydrogens is 218 g/mol. The summed E-state index contributed by atoms with van der Waals surface area (Å²) in [5, 5.41) is 0.303. The van der Waals surface area contributed by atoms with Gasteiger partial charge in [0.2, 0.25) is 0 Å². The van der Waals surface area contributed by atoms with E-state index in [2.05, 4.69) is 23.9 Å². The van der Waals surface area contributed by atoms with Gasteiger partial charge in [0.1, 0.15) is 0 Å². The highest BCUT2D eigenvalue weighted by Crippen LogP contribution is 2.28. The van der Waals surface area contributed by atoms with Gasteiger partial charge < -0.3 is 11.2 Å². The zero-order valence-electron chi connectivity index (χ0n) is 10.1. The summed E-state index contributed by atoms with van der Waals surface area (Å²) in [6, 6.07) is 0. The van der Waals surface area contributed by atoms with Gasteiger partial charge in [-0.15, -0.1) is 0 Å². The van der Waals surface area contributed by atoms with Crippen LogP contribution in [0.5, 0.6) is 0 Å². The Morgan fingerprint density at radius 2 is 2.31 bits per heavy atom. The van der Waals surface area contributed by atoms with E-state index in [9.17, 15) is 0 Å². The molecule has 16 heavy (non-hydrogen) atoms. The van der Waals surface area contributed by atoms with Gasteiger partial charge >= 0.3 is 0 Å². The third-order valence-electron chi connectivity index (χ3n) is 3.06. The third kappa shape index (κ3) is 4.84. The second-order valence-electron chi connectivity index (χ2n) is 4.40. The van der Waals surface area contributed by atoms with E-state index in [0.717, 1.165) is 0 Å². The van der Waals surface area contributed by atoms with Crippen molar-refractivity contribution in [3.05, 3.63) is 11.8 Å². The molecule has 92 valence electrons. The smallest absolute Gasteiger partial charge is 0.182 e. The molecule has 0 aromatic carbocycles. The fraction of sp³-hybridized carbons (Fsp3) is 0.750. The molecule has 4 heteroatoms. The normalized spacial score (nSPS) is 19.3. The Morgan fingerprint density at radius 1 is 1.50 bits per heavy atom. The molecule has 0 aromatic rings. The number of hydrogen-bond donors (Lipinski definition) is 3. The lowest BCUT2D eigenvalue weighted by Gasteiger charge is -2.17. The minimum atomic E-state index is 0.303. The van der Waals surface area contributed by atoms with Gasteiger partial charge in [-0.2, -0.15) is 0 Å². The van der Waals surface area contributed by atoms with Crippen LogP contribution in [0.2, 0.25) is 0 Å². The standard InChI is InChI=1S/C12H23N3S/c1-2-3-4-5-7-10-8-6-9-11(10)14-15-12(13)16/h9-10,14H,2-8H2,1H3,(H3,13,15,16)/t10-/m1/s1. The predicted octanol–water partition coefficient (Wildman–Crippen LogP) is 2.59. The zero-order valence-corrected chi connectivity index (χ0v) is 10.9. The first-order valence-electron chi connectivity index (χ1n) is 6.25. The molecule has 0 fully saturated rings. The van der Waals surface area contributed by atoms with E-state index in [4.69, 9.17) is 18.0 Å². The van der Waals surface area contributed by atoms with E-state index in [-0.39, 0.29) is 0 Å². The largest absolute Gasteiger partial charge is 0.375 e. The molecule has 0 heterocycles. The molecule has 0 aliphatic heterocycles. The number of thiocarbonyl (C=S) groups is 1. The highest BCUT2D eigenvalue weighted by Gasteiger charge is 2.18. The first-order valence-corrected chi connectivity index (χ1v) is 6.66. The van der Waals surface area contributed by atoms with E-state index in [1.165, 1.54) is 50.6 Å². The van der Waals surface area contributed by atoms with E-state index in [0.29, 0.717) is 11.0 Å². The van der Waals surface area contributed by atoms with Crippen LogP contribution in [0.3, 0.4) is 0 Å². The summed E-state index contributed by atoms with van der Waals surface area (Å²) < 4.78 is 0. The van der Waals surface area contributed by atoms with Crippen molar-refractivity contribution in [3.63, 3.8) is 0 Å². The van der Waals surface area contributed by atoms with Gasteiger partial charge in [-0.1, -0.05) is 38.7 Å². The van der Waals surface area contributed by atoms with Crippen LogP contribution in [0.4, 0.5) is 0 Å². The molecule has 0 aromatic heterocycles. The lowest BCUT2D eigenvalue weighted by Crippen LogP contribution is -2.41. The summed E-state index contributed by atoms with van der Waals surface area (Å²) in [5.74, 6) is 0.665. The van der Waals surface area contributed by atoms with Crippen LogP contribution in [0.25, 0.3) is 0 Å². The zero-order chi connectivity index (χ0) is 11.8. The average molecular weight is 241 g/mol. The van der Waals surface area contributed by atoms with Gasteiger partial charge in [-0.3, -0.25) is 5.43 Å². The Morgan fingerprint density at radius 3 is 3.00 bits per heavy atom. The van der Waals surface area contributed by atoms with Crippen molar-refractivity contribution in [2.24, 2.45) is 11.7 Å². The van der Waals surface area contributed by atoms with Crippen molar-refractivity contribution in [1.82, 2.24) is 10.9 Å². The minimum absolute atomic E-state index is 0.303. The number of nitrogens with one attached hydrogen (secondary N) is 2. The van der Waals surface area contributed by atoms with Crippen LogP contribution in [0.1, 0.15) is 51.9 Å². The molecule has 0 spiro atoms. The maximum Gasteiger partial charge on any atom is 0.182 e. The number of nitrogens with two attached hydrogens (primary N) is 1. The molecule has 1 aliphatic rings. The fourth-order valence-electron chi connectivity index (χ4n) is 2.17. The Labute approximate surface area is 104 Å². The van der Waals surface area contributed by atoms with Gasteiger partial charge in [0, 0.05) is 11.6 Å². The summed E-state index contributed by atoms with van der Waals surface area (Å²) >= 11 is 4.77. The summed E-state index contributed by atoms with van der Waals surface area (Å²) in [4.78, 5) is 0. The second kappa shape index (κ2) is 7.49. The molecular formula is C12H23N3S. The quantitative estimate of drug-likeness (QED) is 0.364. The molecule has 1 aliphatic carbocycles. The Bertz CT molecular complexity index is 251. The van der Waals surface area contributed by atoms with Crippen molar-refractivity contribution in [2.75, 3.05) is 0 Å². The molecule has 1 rings (SSSR count). The van der Waals surface area contributed by atoms with E-state index in [1.807, 2.05) is 0 Å². The predicted molar refractivity (Wildman–Crippen MR) is 72.6 cm³/mol. The van der Waals surface area contributed by atoms with Crippen LogP contribution in [0.15, 0.2) is 11.8 Å². The fourth-order valence-corrected chi connectivity index (χ4v) is 2.22. The van der Waals surface area contributed by atoms with Crippen molar-refractivity contribution < 1.29 is 0 Å². The summed E-state index contributed by atoms with van der Waals surface area (Å²) in [6.45, 7) is 2.24. The molecule has 4 N–H and O–H groups in total. The van der Waals surface area contributed by atoms with E-state index in [1.54, 1.807) is 0 Å². The Balaban J connectivity index is 2.20. The molecule has 0 radical (unpaired) electrons. The molecule has 0 saturated heterocycles. The lowest BCUT2D eigenvalue weighted by atomic mass is 9.98. The molecule has 0 bridgehead atoms. The SMILES string of the molecule is CCCCCC[C@@H]1CCC=C1NNC(N)=S. The van der Waals surface area contributed by atoms with Gasteiger partial charge in [0.25, 0.3) is 0 Å². The molecule has 0 unspecified atom stereocenters. The molecule has 1 atom stereocenters. The van der Waals surface area contributed by atoms with Crippen molar-refractivity contribution in [2.45, 2.75) is 51.9 Å². The van der Waals surface area contributed by atoms with E-state index < -0.39 is 0 Å². The van der Waals surface area contributed by atoms with Crippen LogP contribution in [-0.4, -0.2) is 5.11 Å². The maximum absolute atomic E-state index is 5.39. The van der Waals surface area contributed by atoms with Crippen LogP contribution in [-0.2, 0) is 0 Å². The highest BCUT2D eigenvalue weighted by atomic mass is 32.1. The Hall–Kier alpha value is -0.770. The van der Waals surface area contributed by atoms with Gasteiger partial charge in [0.05, 0.1) is 0 Å². The number of hydrogen-bond acceptors (Lipinski definition) is 2. The number of hydrazine groups is 1. The molecule has 0 amide bonds. The van der Waals surface area contributed by atoms with E-state index >= 15 is 0 Å². The Kier molecular flexibility index (Phi) is 6.23. The summed E-state index contributed by atoms with van der Waals surface area (Å²) in [7, 11) is 0. The van der Waals surface area contributed by atoms with Crippen LogP contribution >= 0.6 is 12.2 Å². The minimum Gasteiger partial charge on any atom is -0.375 e. The lowest BCUT2D eigenvalue weighted by molar-refractivity contribution is 0.478.